The highest BCUT2D eigenvalue weighted by atomic mass is 16.5. The molecule has 0 atom stereocenters. The lowest BCUT2D eigenvalue weighted by atomic mass is 10.1. The molecule has 2 aromatic rings. The van der Waals surface area contributed by atoms with E-state index in [-0.39, 0.29) is 5.97 Å². The minimum absolute atomic E-state index is 0.324. The summed E-state index contributed by atoms with van der Waals surface area (Å²) in [4.78, 5) is 13.8. The number of hydrogen-bond acceptors (Lipinski definition) is 5. The topological polar surface area (TPSA) is 45.1 Å². The van der Waals surface area contributed by atoms with Crippen LogP contribution in [-0.2, 0) is 4.74 Å². The van der Waals surface area contributed by atoms with Crippen molar-refractivity contribution < 1.29 is 9.53 Å². The average Bonchev–Trinajstić information content (AvgIpc) is 2.67. The number of esters is 1. The Kier molecular flexibility index (Phi) is 5.11. The van der Waals surface area contributed by atoms with Gasteiger partial charge in [-0.25, -0.2) is 4.79 Å². The minimum Gasteiger partial charge on any atom is -0.465 e. The molecule has 0 spiro atoms. The number of rotatable bonds is 4. The molecule has 2 aromatic carbocycles. The van der Waals surface area contributed by atoms with E-state index in [4.69, 9.17) is 4.74 Å². The Bertz CT molecular complexity index is 690. The predicted octanol–water partition coefficient (Wildman–Crippen LogP) is 2.63. The summed E-state index contributed by atoms with van der Waals surface area (Å²) in [5.41, 5.74) is 2.78. The fraction of sp³-hybridized carbons (Fsp3) is 0.263. The van der Waals surface area contributed by atoms with Gasteiger partial charge in [-0.15, -0.1) is 0 Å². The van der Waals surface area contributed by atoms with Crippen molar-refractivity contribution in [2.24, 2.45) is 5.10 Å². The van der Waals surface area contributed by atoms with Gasteiger partial charge in [0.2, 0.25) is 0 Å². The van der Waals surface area contributed by atoms with Gasteiger partial charge in [-0.3, -0.25) is 5.01 Å². The Morgan fingerprint density at radius 3 is 2.29 bits per heavy atom. The number of para-hydroxylation sites is 1. The second kappa shape index (κ2) is 7.64. The predicted molar refractivity (Wildman–Crippen MR) is 95.6 cm³/mol. The molecule has 1 fully saturated rings. The van der Waals surface area contributed by atoms with Crippen molar-refractivity contribution in [1.29, 1.82) is 0 Å². The van der Waals surface area contributed by atoms with Crippen LogP contribution in [0.5, 0.6) is 0 Å². The van der Waals surface area contributed by atoms with Crippen LogP contribution in [0, 0.1) is 0 Å². The van der Waals surface area contributed by atoms with Gasteiger partial charge in [-0.05, 0) is 29.8 Å². The molecule has 5 nitrogen and oxygen atoms in total. The smallest absolute Gasteiger partial charge is 0.337 e. The summed E-state index contributed by atoms with van der Waals surface area (Å²) >= 11 is 0. The maximum absolute atomic E-state index is 11.4. The summed E-state index contributed by atoms with van der Waals surface area (Å²) in [7, 11) is 1.38. The van der Waals surface area contributed by atoms with Crippen molar-refractivity contribution in [2.75, 3.05) is 38.2 Å². The lowest BCUT2D eigenvalue weighted by Crippen LogP contribution is -2.44. The molecule has 1 aliphatic rings. The first kappa shape index (κ1) is 16.1. The Morgan fingerprint density at radius 2 is 1.67 bits per heavy atom. The monoisotopic (exact) mass is 323 g/mol. The van der Waals surface area contributed by atoms with Gasteiger partial charge in [-0.1, -0.05) is 30.3 Å². The summed E-state index contributed by atoms with van der Waals surface area (Å²) in [6, 6.07) is 17.7. The van der Waals surface area contributed by atoms with Crippen molar-refractivity contribution >= 4 is 17.9 Å². The number of hydrazone groups is 1. The summed E-state index contributed by atoms with van der Waals surface area (Å²) in [5.74, 6) is -0.324. The zero-order valence-corrected chi connectivity index (χ0v) is 13.8. The molecular formula is C19H21N3O2. The van der Waals surface area contributed by atoms with E-state index in [1.54, 1.807) is 12.1 Å². The third-order valence-electron chi connectivity index (χ3n) is 4.08. The van der Waals surface area contributed by atoms with Crippen LogP contribution in [0.4, 0.5) is 5.69 Å². The van der Waals surface area contributed by atoms with E-state index in [1.165, 1.54) is 12.8 Å². The van der Waals surface area contributed by atoms with Crippen molar-refractivity contribution in [3.63, 3.8) is 0 Å². The van der Waals surface area contributed by atoms with Crippen LogP contribution in [0.3, 0.4) is 0 Å². The van der Waals surface area contributed by atoms with Gasteiger partial charge in [-0.2, -0.15) is 5.10 Å². The van der Waals surface area contributed by atoms with Crippen molar-refractivity contribution in [3.8, 4) is 0 Å². The van der Waals surface area contributed by atoms with Gasteiger partial charge < -0.3 is 9.64 Å². The molecular weight excluding hydrogens is 302 g/mol. The number of carbonyl (C=O) groups is 1. The molecule has 24 heavy (non-hydrogen) atoms. The largest absolute Gasteiger partial charge is 0.465 e. The van der Waals surface area contributed by atoms with E-state index in [0.717, 1.165) is 31.7 Å². The lowest BCUT2D eigenvalue weighted by molar-refractivity contribution is 0.0600. The highest BCUT2D eigenvalue weighted by Gasteiger charge is 2.15. The molecule has 5 heteroatoms. The molecule has 0 unspecified atom stereocenters. The van der Waals surface area contributed by atoms with Crippen LogP contribution in [0.2, 0.25) is 0 Å². The number of ether oxygens (including phenoxy) is 1. The summed E-state index contributed by atoms with van der Waals surface area (Å²) < 4.78 is 4.69. The molecule has 0 saturated carbocycles. The Balaban J connectivity index is 1.54. The van der Waals surface area contributed by atoms with Crippen LogP contribution in [0.1, 0.15) is 15.9 Å². The van der Waals surface area contributed by atoms with Crippen LogP contribution in [0.15, 0.2) is 59.7 Å². The first-order valence-electron chi connectivity index (χ1n) is 8.03. The van der Waals surface area contributed by atoms with E-state index in [1.807, 2.05) is 24.4 Å². The summed E-state index contributed by atoms with van der Waals surface area (Å²) in [5, 5.41) is 6.62. The molecule has 1 aliphatic heterocycles. The lowest BCUT2D eigenvalue weighted by Gasteiger charge is -2.34. The fourth-order valence-corrected chi connectivity index (χ4v) is 2.68. The van der Waals surface area contributed by atoms with Gasteiger partial charge in [0.25, 0.3) is 0 Å². The molecule has 0 radical (unpaired) electrons. The number of nitrogens with zero attached hydrogens (tertiary/aromatic N) is 3. The fourth-order valence-electron chi connectivity index (χ4n) is 2.68. The minimum atomic E-state index is -0.324. The highest BCUT2D eigenvalue weighted by molar-refractivity contribution is 5.90. The number of carbonyl (C=O) groups excluding carboxylic acids is 1. The van der Waals surface area contributed by atoms with Gasteiger partial charge in [0, 0.05) is 18.8 Å². The van der Waals surface area contributed by atoms with Crippen molar-refractivity contribution in [1.82, 2.24) is 5.01 Å². The number of hydrogen-bond donors (Lipinski definition) is 0. The molecule has 0 aliphatic carbocycles. The van der Waals surface area contributed by atoms with Crippen LogP contribution >= 0.6 is 0 Å². The second-order valence-electron chi connectivity index (χ2n) is 5.63. The Hall–Kier alpha value is -2.82. The molecule has 0 aromatic heterocycles. The number of anilines is 1. The maximum Gasteiger partial charge on any atom is 0.337 e. The number of methoxy groups -OCH3 is 1. The van der Waals surface area contributed by atoms with Crippen molar-refractivity contribution in [2.45, 2.75) is 0 Å². The third-order valence-corrected chi connectivity index (χ3v) is 4.08. The van der Waals surface area contributed by atoms with E-state index in [2.05, 4.69) is 39.3 Å². The van der Waals surface area contributed by atoms with E-state index in [9.17, 15) is 4.79 Å². The molecule has 1 saturated heterocycles. The SMILES string of the molecule is COC(=O)c1ccc(/C=N\N2CCN(c3ccccc3)CC2)cc1. The standard InChI is InChI=1S/C19H21N3O2/c1-24-19(23)17-9-7-16(8-10-17)15-20-22-13-11-21(12-14-22)18-5-3-2-4-6-18/h2-10,15H,11-14H2,1H3/b20-15-. The van der Waals surface area contributed by atoms with Crippen LogP contribution < -0.4 is 4.90 Å². The van der Waals surface area contributed by atoms with E-state index >= 15 is 0 Å². The van der Waals surface area contributed by atoms with Crippen molar-refractivity contribution in [3.05, 3.63) is 65.7 Å². The molecule has 0 N–H and O–H groups in total. The first-order valence-corrected chi connectivity index (χ1v) is 8.03. The first-order chi connectivity index (χ1) is 11.8. The molecule has 1 heterocycles. The zero-order valence-electron chi connectivity index (χ0n) is 13.8. The molecule has 124 valence electrons. The van der Waals surface area contributed by atoms with E-state index in [0.29, 0.717) is 5.56 Å². The molecule has 3 rings (SSSR count). The van der Waals surface area contributed by atoms with E-state index < -0.39 is 0 Å². The maximum atomic E-state index is 11.4. The number of benzene rings is 2. The van der Waals surface area contributed by atoms with Gasteiger partial charge in [0.05, 0.1) is 32.0 Å². The highest BCUT2D eigenvalue weighted by Crippen LogP contribution is 2.15. The van der Waals surface area contributed by atoms with Gasteiger partial charge in [0.1, 0.15) is 0 Å². The zero-order chi connectivity index (χ0) is 16.8. The van der Waals surface area contributed by atoms with Gasteiger partial charge >= 0.3 is 5.97 Å². The normalized spacial score (nSPS) is 14.9. The molecule has 0 bridgehead atoms. The Morgan fingerprint density at radius 1 is 1.00 bits per heavy atom. The summed E-state index contributed by atoms with van der Waals surface area (Å²) in [6.07, 6.45) is 1.83. The third kappa shape index (κ3) is 3.93. The van der Waals surface area contributed by atoms with Crippen LogP contribution in [0.25, 0.3) is 0 Å². The second-order valence-corrected chi connectivity index (χ2v) is 5.63. The summed E-state index contributed by atoms with van der Waals surface area (Å²) in [6.45, 7) is 3.71. The molecule has 0 amide bonds. The average molecular weight is 323 g/mol. The van der Waals surface area contributed by atoms with Crippen LogP contribution in [-0.4, -0.2) is 50.5 Å². The Labute approximate surface area is 142 Å². The van der Waals surface area contributed by atoms with Gasteiger partial charge in [0.15, 0.2) is 0 Å². The quantitative estimate of drug-likeness (QED) is 0.641. The number of piperazine rings is 1.